The zero-order valence-corrected chi connectivity index (χ0v) is 9.98. The molecule has 0 bridgehead atoms. The summed E-state index contributed by atoms with van der Waals surface area (Å²) >= 11 is 0. The van der Waals surface area contributed by atoms with Crippen LogP contribution >= 0.6 is 0 Å². The summed E-state index contributed by atoms with van der Waals surface area (Å²) in [7, 11) is 0. The van der Waals surface area contributed by atoms with Gasteiger partial charge in [0.05, 0.1) is 12.2 Å². The normalized spacial score (nSPS) is 44.2. The quantitative estimate of drug-likeness (QED) is 0.713. The van der Waals surface area contributed by atoms with Gasteiger partial charge in [-0.05, 0) is 33.1 Å². The van der Waals surface area contributed by atoms with Crippen molar-refractivity contribution in [1.82, 2.24) is 4.90 Å². The lowest BCUT2D eigenvalue weighted by atomic mass is 9.90. The van der Waals surface area contributed by atoms with Crippen molar-refractivity contribution in [3.05, 3.63) is 0 Å². The Hall–Kier alpha value is -0.120. The van der Waals surface area contributed by atoms with E-state index in [1.807, 2.05) is 0 Å². The molecule has 2 fully saturated rings. The summed E-state index contributed by atoms with van der Waals surface area (Å²) < 4.78 is 5.76. The van der Waals surface area contributed by atoms with Gasteiger partial charge in [0.15, 0.2) is 0 Å². The first-order valence-corrected chi connectivity index (χ1v) is 6.30. The lowest BCUT2D eigenvalue weighted by Gasteiger charge is -2.42. The van der Waals surface area contributed by atoms with Crippen LogP contribution in [0.5, 0.6) is 0 Å². The summed E-state index contributed by atoms with van der Waals surface area (Å²) in [6.45, 7) is 6.51. The Morgan fingerprint density at radius 1 is 1.13 bits per heavy atom. The fourth-order valence-electron chi connectivity index (χ4n) is 3.05. The predicted octanol–water partition coefficient (Wildman–Crippen LogP) is 1.37. The molecule has 3 nitrogen and oxygen atoms in total. The molecule has 1 saturated heterocycles. The SMILES string of the molecule is CC1CN(C2CCCC(N)C2)CC(C)O1. The predicted molar refractivity (Wildman–Crippen MR) is 61.8 cm³/mol. The lowest BCUT2D eigenvalue weighted by molar-refractivity contribution is -0.0846. The van der Waals surface area contributed by atoms with E-state index in [0.29, 0.717) is 24.3 Å². The van der Waals surface area contributed by atoms with E-state index < -0.39 is 0 Å². The van der Waals surface area contributed by atoms with Crippen molar-refractivity contribution in [2.24, 2.45) is 5.73 Å². The summed E-state index contributed by atoms with van der Waals surface area (Å²) in [5.41, 5.74) is 6.04. The minimum Gasteiger partial charge on any atom is -0.373 e. The van der Waals surface area contributed by atoms with Crippen LogP contribution in [0, 0.1) is 0 Å². The summed E-state index contributed by atoms with van der Waals surface area (Å²) in [6.07, 6.45) is 5.78. The van der Waals surface area contributed by atoms with E-state index in [2.05, 4.69) is 18.7 Å². The Labute approximate surface area is 93.0 Å². The molecule has 0 aromatic rings. The van der Waals surface area contributed by atoms with E-state index in [0.717, 1.165) is 13.1 Å². The van der Waals surface area contributed by atoms with Gasteiger partial charge in [-0.1, -0.05) is 6.42 Å². The second-order valence-electron chi connectivity index (χ2n) is 5.29. The van der Waals surface area contributed by atoms with Gasteiger partial charge >= 0.3 is 0 Å². The van der Waals surface area contributed by atoms with Crippen molar-refractivity contribution < 1.29 is 4.74 Å². The summed E-state index contributed by atoms with van der Waals surface area (Å²) in [5, 5.41) is 0. The first-order chi connectivity index (χ1) is 7.15. The van der Waals surface area contributed by atoms with E-state index >= 15 is 0 Å². The van der Waals surface area contributed by atoms with Crippen molar-refractivity contribution in [2.75, 3.05) is 13.1 Å². The fraction of sp³-hybridized carbons (Fsp3) is 1.00. The molecule has 15 heavy (non-hydrogen) atoms. The molecule has 1 aliphatic heterocycles. The van der Waals surface area contributed by atoms with Gasteiger partial charge in [-0.15, -0.1) is 0 Å². The first-order valence-electron chi connectivity index (χ1n) is 6.30. The number of hydrogen-bond donors (Lipinski definition) is 1. The van der Waals surface area contributed by atoms with Crippen molar-refractivity contribution in [3.8, 4) is 0 Å². The Bertz CT molecular complexity index is 200. The Balaban J connectivity index is 1.91. The molecular weight excluding hydrogens is 188 g/mol. The van der Waals surface area contributed by atoms with Gasteiger partial charge in [0, 0.05) is 25.2 Å². The average molecular weight is 212 g/mol. The number of nitrogens with zero attached hydrogens (tertiary/aromatic N) is 1. The van der Waals surface area contributed by atoms with Crippen LogP contribution in [-0.4, -0.2) is 42.3 Å². The molecule has 4 unspecified atom stereocenters. The highest BCUT2D eigenvalue weighted by atomic mass is 16.5. The Kier molecular flexibility index (Phi) is 3.65. The van der Waals surface area contributed by atoms with Crippen LogP contribution in [0.25, 0.3) is 0 Å². The third-order valence-corrected chi connectivity index (χ3v) is 3.65. The highest BCUT2D eigenvalue weighted by Crippen LogP contribution is 2.24. The molecule has 4 atom stereocenters. The van der Waals surface area contributed by atoms with Gasteiger partial charge in [0.25, 0.3) is 0 Å². The van der Waals surface area contributed by atoms with E-state index in [9.17, 15) is 0 Å². The lowest BCUT2D eigenvalue weighted by Crippen LogP contribution is -2.52. The summed E-state index contributed by atoms with van der Waals surface area (Å²) in [5.74, 6) is 0. The highest BCUT2D eigenvalue weighted by Gasteiger charge is 2.30. The molecule has 88 valence electrons. The standard InChI is InChI=1S/C12H24N2O/c1-9-7-14(8-10(2)15-9)12-5-3-4-11(13)6-12/h9-12H,3-8,13H2,1-2H3. The minimum atomic E-state index is 0.381. The number of ether oxygens (including phenoxy) is 1. The zero-order valence-electron chi connectivity index (χ0n) is 9.98. The van der Waals surface area contributed by atoms with Gasteiger partial charge < -0.3 is 10.5 Å². The monoisotopic (exact) mass is 212 g/mol. The Morgan fingerprint density at radius 3 is 2.40 bits per heavy atom. The second kappa shape index (κ2) is 4.81. The summed E-state index contributed by atoms with van der Waals surface area (Å²) in [4.78, 5) is 2.60. The number of rotatable bonds is 1. The van der Waals surface area contributed by atoms with Gasteiger partial charge in [0.2, 0.25) is 0 Å². The van der Waals surface area contributed by atoms with Crippen LogP contribution in [0.2, 0.25) is 0 Å². The molecule has 2 aliphatic rings. The van der Waals surface area contributed by atoms with Crippen LogP contribution in [0.1, 0.15) is 39.5 Å². The molecule has 0 radical (unpaired) electrons. The second-order valence-corrected chi connectivity index (χ2v) is 5.29. The zero-order chi connectivity index (χ0) is 10.8. The molecule has 0 aromatic heterocycles. The number of hydrogen-bond acceptors (Lipinski definition) is 3. The molecule has 0 amide bonds. The van der Waals surface area contributed by atoms with Gasteiger partial charge in [-0.3, -0.25) is 4.90 Å². The maximum Gasteiger partial charge on any atom is 0.0678 e. The van der Waals surface area contributed by atoms with Crippen molar-refractivity contribution in [2.45, 2.75) is 63.8 Å². The maximum absolute atomic E-state index is 6.04. The van der Waals surface area contributed by atoms with Crippen molar-refractivity contribution in [3.63, 3.8) is 0 Å². The van der Waals surface area contributed by atoms with Crippen LogP contribution in [-0.2, 0) is 4.74 Å². The smallest absolute Gasteiger partial charge is 0.0678 e. The van der Waals surface area contributed by atoms with E-state index in [1.165, 1.54) is 25.7 Å². The molecule has 0 spiro atoms. The molecule has 1 heterocycles. The highest BCUT2D eigenvalue weighted by molar-refractivity contribution is 4.85. The van der Waals surface area contributed by atoms with Crippen LogP contribution < -0.4 is 5.73 Å². The average Bonchev–Trinajstić information content (AvgIpc) is 2.16. The third-order valence-electron chi connectivity index (χ3n) is 3.65. The largest absolute Gasteiger partial charge is 0.373 e. The van der Waals surface area contributed by atoms with Crippen LogP contribution in [0.3, 0.4) is 0 Å². The fourth-order valence-corrected chi connectivity index (χ4v) is 3.05. The molecule has 2 rings (SSSR count). The van der Waals surface area contributed by atoms with Gasteiger partial charge in [-0.25, -0.2) is 0 Å². The van der Waals surface area contributed by atoms with Crippen LogP contribution in [0.4, 0.5) is 0 Å². The van der Waals surface area contributed by atoms with Crippen molar-refractivity contribution >= 4 is 0 Å². The molecule has 3 heteroatoms. The van der Waals surface area contributed by atoms with Crippen molar-refractivity contribution in [1.29, 1.82) is 0 Å². The molecule has 2 N–H and O–H groups in total. The maximum atomic E-state index is 6.04. The third kappa shape index (κ3) is 2.92. The molecular formula is C12H24N2O. The summed E-state index contributed by atoms with van der Waals surface area (Å²) in [6, 6.07) is 1.14. The van der Waals surface area contributed by atoms with Gasteiger partial charge in [0.1, 0.15) is 0 Å². The minimum absolute atomic E-state index is 0.381. The number of morpholine rings is 1. The van der Waals surface area contributed by atoms with E-state index in [4.69, 9.17) is 10.5 Å². The first kappa shape index (κ1) is 11.4. The van der Waals surface area contributed by atoms with Gasteiger partial charge in [-0.2, -0.15) is 0 Å². The van der Waals surface area contributed by atoms with E-state index in [1.54, 1.807) is 0 Å². The molecule has 1 aliphatic carbocycles. The number of nitrogens with two attached hydrogens (primary N) is 1. The van der Waals surface area contributed by atoms with Crippen LogP contribution in [0.15, 0.2) is 0 Å². The Morgan fingerprint density at radius 2 is 1.80 bits per heavy atom. The topological polar surface area (TPSA) is 38.5 Å². The molecule has 1 saturated carbocycles. The van der Waals surface area contributed by atoms with E-state index in [-0.39, 0.29) is 0 Å². The molecule has 0 aromatic carbocycles.